The molecule has 0 saturated heterocycles. The van der Waals surface area contributed by atoms with Crippen LogP contribution in [-0.4, -0.2) is 37.2 Å². The third kappa shape index (κ3) is 68.5. The smallest absolute Gasteiger partial charge is 0.306 e. The molecule has 0 aliphatic rings. The summed E-state index contributed by atoms with van der Waals surface area (Å²) in [5.41, 5.74) is 0. The van der Waals surface area contributed by atoms with Crippen molar-refractivity contribution in [1.82, 2.24) is 0 Å². The average Bonchev–Trinajstić information content (AvgIpc) is 3.49. The predicted molar refractivity (Wildman–Crippen MR) is 362 cm³/mol. The molecule has 0 aromatic rings. The fraction of sp³-hybridized carbons (Fsp3) is 0.701. The van der Waals surface area contributed by atoms with Crippen molar-refractivity contribution in [1.29, 1.82) is 0 Å². The maximum absolute atomic E-state index is 13.0. The Morgan fingerprint density at radius 3 is 0.771 bits per heavy atom. The highest BCUT2D eigenvalue weighted by molar-refractivity contribution is 5.71. The van der Waals surface area contributed by atoms with Crippen LogP contribution in [-0.2, 0) is 28.6 Å². The Hall–Kier alpha value is -4.19. The van der Waals surface area contributed by atoms with Gasteiger partial charge in [0.15, 0.2) is 6.10 Å². The summed E-state index contributed by atoms with van der Waals surface area (Å²) >= 11 is 0. The van der Waals surface area contributed by atoms with Gasteiger partial charge in [-0.05, 0) is 128 Å². The second kappa shape index (κ2) is 70.3. The molecular weight excluding hydrogens is 1020 g/mol. The van der Waals surface area contributed by atoms with Gasteiger partial charge >= 0.3 is 17.9 Å². The van der Waals surface area contributed by atoms with E-state index in [9.17, 15) is 14.4 Å². The molecule has 0 aromatic carbocycles. The van der Waals surface area contributed by atoms with E-state index in [1.54, 1.807) is 0 Å². The molecule has 1 unspecified atom stereocenters. The van der Waals surface area contributed by atoms with E-state index in [2.05, 4.69) is 142 Å². The SMILES string of the molecule is CC/C=C\C/C=C\C/C=C\C/C=C\C/C=C\CCCCCCCCCCCC(=O)OCC(COC(=O)CCCC/C=C\C/C=C\C/C=C\C/C=C\CC)OC(=O)CCCCCCCCCCCCCCC/C=C\CCCCCCCCCC. The van der Waals surface area contributed by atoms with Gasteiger partial charge in [-0.2, -0.15) is 0 Å². The van der Waals surface area contributed by atoms with Crippen LogP contribution < -0.4 is 0 Å². The molecule has 0 rings (SSSR count). The number of esters is 3. The van der Waals surface area contributed by atoms with E-state index in [0.717, 1.165) is 122 Å². The van der Waals surface area contributed by atoms with Gasteiger partial charge in [0.2, 0.25) is 0 Å². The summed E-state index contributed by atoms with van der Waals surface area (Å²) < 4.78 is 16.9. The highest BCUT2D eigenvalue weighted by atomic mass is 16.6. The number of hydrogen-bond acceptors (Lipinski definition) is 6. The lowest BCUT2D eigenvalue weighted by Gasteiger charge is -2.18. The maximum atomic E-state index is 13.0. The Balaban J connectivity index is 4.37. The summed E-state index contributed by atoms with van der Waals surface area (Å²) in [5.74, 6) is -0.934. The number of rotatable bonds is 63. The molecule has 0 aliphatic heterocycles. The normalized spacial score (nSPS) is 12.9. The molecule has 474 valence electrons. The Kier molecular flexibility index (Phi) is 66.7. The molecule has 83 heavy (non-hydrogen) atoms. The Bertz CT molecular complexity index is 1700. The van der Waals surface area contributed by atoms with Crippen LogP contribution in [0.2, 0.25) is 0 Å². The van der Waals surface area contributed by atoms with Gasteiger partial charge in [-0.25, -0.2) is 0 Å². The molecule has 6 nitrogen and oxygen atoms in total. The third-order valence-corrected chi connectivity index (χ3v) is 14.9. The lowest BCUT2D eigenvalue weighted by atomic mass is 10.0. The Morgan fingerprint density at radius 2 is 0.470 bits per heavy atom. The van der Waals surface area contributed by atoms with E-state index in [1.165, 1.54) is 167 Å². The van der Waals surface area contributed by atoms with Crippen LogP contribution in [0.4, 0.5) is 0 Å². The fourth-order valence-electron chi connectivity index (χ4n) is 9.75. The van der Waals surface area contributed by atoms with Crippen LogP contribution >= 0.6 is 0 Å². The largest absolute Gasteiger partial charge is 0.462 e. The zero-order valence-corrected chi connectivity index (χ0v) is 54.4. The van der Waals surface area contributed by atoms with E-state index in [1.807, 2.05) is 0 Å². The molecule has 1 atom stereocenters. The molecule has 0 heterocycles. The topological polar surface area (TPSA) is 78.9 Å². The average molecular weight is 1150 g/mol. The Morgan fingerprint density at radius 1 is 0.253 bits per heavy atom. The quantitative estimate of drug-likeness (QED) is 0.0261. The van der Waals surface area contributed by atoms with Crippen LogP contribution in [0.1, 0.15) is 329 Å². The van der Waals surface area contributed by atoms with Crippen molar-refractivity contribution in [3.05, 3.63) is 122 Å². The summed E-state index contributed by atoms with van der Waals surface area (Å²) in [6.07, 6.45) is 98.0. The van der Waals surface area contributed by atoms with Gasteiger partial charge in [0.05, 0.1) is 0 Å². The lowest BCUT2D eigenvalue weighted by Crippen LogP contribution is -2.30. The van der Waals surface area contributed by atoms with Gasteiger partial charge in [-0.15, -0.1) is 0 Å². The minimum atomic E-state index is -0.803. The number of carbonyl (C=O) groups excluding carboxylic acids is 3. The molecular formula is C77H130O6. The summed E-state index contributed by atoms with van der Waals surface area (Å²) in [6, 6.07) is 0. The van der Waals surface area contributed by atoms with Gasteiger partial charge in [-0.1, -0.05) is 303 Å². The van der Waals surface area contributed by atoms with Crippen LogP contribution in [0.3, 0.4) is 0 Å². The molecule has 0 fully saturated rings. The minimum absolute atomic E-state index is 0.0954. The first-order valence-corrected chi connectivity index (χ1v) is 35.0. The first-order chi connectivity index (χ1) is 41.0. The van der Waals surface area contributed by atoms with Crippen molar-refractivity contribution in [3.63, 3.8) is 0 Å². The monoisotopic (exact) mass is 1150 g/mol. The van der Waals surface area contributed by atoms with Crippen molar-refractivity contribution < 1.29 is 28.6 Å². The molecule has 0 radical (unpaired) electrons. The van der Waals surface area contributed by atoms with Gasteiger partial charge in [0, 0.05) is 19.3 Å². The predicted octanol–water partition coefficient (Wildman–Crippen LogP) is 24.3. The van der Waals surface area contributed by atoms with E-state index in [4.69, 9.17) is 14.2 Å². The van der Waals surface area contributed by atoms with Gasteiger partial charge in [0.25, 0.3) is 0 Å². The highest BCUT2D eigenvalue weighted by Gasteiger charge is 2.19. The van der Waals surface area contributed by atoms with Crippen LogP contribution in [0.5, 0.6) is 0 Å². The van der Waals surface area contributed by atoms with Crippen molar-refractivity contribution in [3.8, 4) is 0 Å². The molecule has 0 amide bonds. The van der Waals surface area contributed by atoms with Gasteiger partial charge in [0.1, 0.15) is 13.2 Å². The van der Waals surface area contributed by atoms with Gasteiger partial charge in [-0.3, -0.25) is 14.4 Å². The third-order valence-electron chi connectivity index (χ3n) is 14.9. The summed E-state index contributed by atoms with van der Waals surface area (Å²) in [5, 5.41) is 0. The van der Waals surface area contributed by atoms with E-state index in [0.29, 0.717) is 19.3 Å². The van der Waals surface area contributed by atoms with E-state index in [-0.39, 0.29) is 31.1 Å². The molecule has 0 aliphatic carbocycles. The molecule has 6 heteroatoms. The summed E-state index contributed by atoms with van der Waals surface area (Å²) in [4.78, 5) is 38.4. The summed E-state index contributed by atoms with van der Waals surface area (Å²) in [7, 11) is 0. The van der Waals surface area contributed by atoms with Gasteiger partial charge < -0.3 is 14.2 Å². The lowest BCUT2D eigenvalue weighted by molar-refractivity contribution is -0.167. The summed E-state index contributed by atoms with van der Waals surface area (Å²) in [6.45, 7) is 6.40. The molecule has 0 bridgehead atoms. The number of unbranched alkanes of at least 4 members (excludes halogenated alkanes) is 32. The number of ether oxygens (including phenoxy) is 3. The number of hydrogen-bond donors (Lipinski definition) is 0. The molecule has 0 N–H and O–H groups in total. The number of allylic oxidation sites excluding steroid dienone is 20. The van der Waals surface area contributed by atoms with Crippen molar-refractivity contribution >= 4 is 17.9 Å². The molecule has 0 spiro atoms. The zero-order chi connectivity index (χ0) is 59.9. The van der Waals surface area contributed by atoms with Crippen molar-refractivity contribution in [2.45, 2.75) is 335 Å². The van der Waals surface area contributed by atoms with Crippen LogP contribution in [0, 0.1) is 0 Å². The second-order valence-electron chi connectivity index (χ2n) is 23.0. The second-order valence-corrected chi connectivity index (χ2v) is 23.0. The highest BCUT2D eigenvalue weighted by Crippen LogP contribution is 2.17. The van der Waals surface area contributed by atoms with Crippen LogP contribution in [0.15, 0.2) is 122 Å². The molecule has 0 saturated carbocycles. The van der Waals surface area contributed by atoms with E-state index < -0.39 is 6.10 Å². The standard InChI is InChI=1S/C77H130O6/c1-4-7-10-13-16-19-22-25-28-30-32-34-36-38-40-42-44-46-49-52-55-58-61-64-67-70-76(79)82-73-74(72-81-75(78)69-66-63-60-57-54-51-48-27-24-21-18-15-12-9-6-3)83-77(80)71-68-65-62-59-56-53-50-47-45-43-41-39-37-35-33-31-29-26-23-20-17-14-11-8-5-2/h7,9-10,12,16,18-19,21,25,27-28,31-34,38,40,48,54,57,74H,4-6,8,11,13-15,17,20,22-24,26,29-30,35-37,39,41-47,49-53,55-56,58-73H2,1-3H3/b10-7-,12-9-,19-16-,21-18-,28-25-,33-31-,34-32-,40-38-,48-27-,57-54-. The minimum Gasteiger partial charge on any atom is -0.462 e. The van der Waals surface area contributed by atoms with Crippen molar-refractivity contribution in [2.75, 3.05) is 13.2 Å². The van der Waals surface area contributed by atoms with Crippen molar-refractivity contribution in [2.24, 2.45) is 0 Å². The first kappa shape index (κ1) is 78.8. The first-order valence-electron chi connectivity index (χ1n) is 35.0. The fourth-order valence-corrected chi connectivity index (χ4v) is 9.75. The maximum Gasteiger partial charge on any atom is 0.306 e. The van der Waals surface area contributed by atoms with E-state index >= 15 is 0 Å². The zero-order valence-electron chi connectivity index (χ0n) is 54.4. The Labute approximate surface area is 513 Å². The van der Waals surface area contributed by atoms with Crippen LogP contribution in [0.25, 0.3) is 0 Å². The molecule has 0 aromatic heterocycles. The number of carbonyl (C=O) groups is 3.